The molecule has 0 atom stereocenters. The summed E-state index contributed by atoms with van der Waals surface area (Å²) in [4.78, 5) is 14.0. The number of H-pyrrole nitrogens is 4. The molecule has 0 saturated heterocycles. The summed E-state index contributed by atoms with van der Waals surface area (Å²) in [5.74, 6) is 0.838. The number of ether oxygens (including phenoxy) is 1. The molecular weight excluding hydrogens is 396 g/mol. The Morgan fingerprint density at radius 1 is 0.562 bits per heavy atom. The Bertz CT molecular complexity index is 1670. The highest BCUT2D eigenvalue weighted by atomic mass is 16.5. The smallest absolute Gasteiger partial charge is 0.119 e. The van der Waals surface area contributed by atoms with Crippen molar-refractivity contribution in [3.05, 3.63) is 111 Å². The van der Waals surface area contributed by atoms with E-state index < -0.39 is 0 Å². The Morgan fingerprint density at radius 3 is 1.84 bits per heavy atom. The van der Waals surface area contributed by atoms with E-state index in [1.54, 1.807) is 7.11 Å². The quantitative estimate of drug-likeness (QED) is 0.342. The first-order valence-corrected chi connectivity index (χ1v) is 10.6. The molecule has 32 heavy (non-hydrogen) atoms. The van der Waals surface area contributed by atoms with Crippen molar-refractivity contribution in [2.45, 2.75) is 0 Å². The van der Waals surface area contributed by atoms with E-state index in [0.29, 0.717) is 0 Å². The predicted molar refractivity (Wildman–Crippen MR) is 128 cm³/mol. The van der Waals surface area contributed by atoms with Gasteiger partial charge in [-0.2, -0.15) is 0 Å². The van der Waals surface area contributed by atoms with Gasteiger partial charge >= 0.3 is 0 Å². The minimum atomic E-state index is 0.838. The highest BCUT2D eigenvalue weighted by Crippen LogP contribution is 2.28. The number of aromatic amines is 4. The molecule has 4 aromatic heterocycles. The van der Waals surface area contributed by atoms with Crippen molar-refractivity contribution in [3.63, 3.8) is 0 Å². The van der Waals surface area contributed by atoms with E-state index in [2.05, 4.69) is 98.8 Å². The fourth-order valence-corrected chi connectivity index (χ4v) is 4.17. The second kappa shape index (κ2) is 7.39. The number of methoxy groups -OCH3 is 1. The fraction of sp³-hybridized carbons (Fsp3) is 0.0370. The lowest BCUT2D eigenvalue weighted by Crippen LogP contribution is -2.10. The van der Waals surface area contributed by atoms with Crippen LogP contribution in [0.1, 0.15) is 22.8 Å². The number of fused-ring (bicyclic) bond motifs is 8. The van der Waals surface area contributed by atoms with Gasteiger partial charge < -0.3 is 24.7 Å². The van der Waals surface area contributed by atoms with Crippen molar-refractivity contribution in [1.82, 2.24) is 19.9 Å². The molecule has 5 nitrogen and oxygen atoms in total. The molecule has 8 bridgehead atoms. The summed E-state index contributed by atoms with van der Waals surface area (Å²) >= 11 is 0. The zero-order valence-electron chi connectivity index (χ0n) is 17.6. The van der Waals surface area contributed by atoms with Crippen LogP contribution >= 0.6 is 0 Å². The first kappa shape index (κ1) is 18.4. The third-order valence-electron chi connectivity index (χ3n) is 5.68. The summed E-state index contributed by atoms with van der Waals surface area (Å²) in [5, 5.41) is 4.15. The Balaban J connectivity index is 1.61. The van der Waals surface area contributed by atoms with Gasteiger partial charge in [-0.3, -0.25) is 0 Å². The maximum atomic E-state index is 5.45. The largest absolute Gasteiger partial charge is 0.497 e. The zero-order valence-corrected chi connectivity index (χ0v) is 17.6. The predicted octanol–water partition coefficient (Wildman–Crippen LogP) is 2.30. The van der Waals surface area contributed by atoms with E-state index in [9.17, 15) is 0 Å². The van der Waals surface area contributed by atoms with Gasteiger partial charge in [0.05, 0.1) is 7.11 Å². The molecule has 1 aliphatic heterocycles. The topological polar surface area (TPSA) is 72.4 Å². The summed E-state index contributed by atoms with van der Waals surface area (Å²) in [6.45, 7) is 0. The molecule has 0 fully saturated rings. The second-order valence-electron chi connectivity index (χ2n) is 7.97. The summed E-state index contributed by atoms with van der Waals surface area (Å²) in [6.07, 6.45) is 8.48. The van der Waals surface area contributed by atoms with Crippen LogP contribution in [0.15, 0.2) is 66.7 Å². The maximum absolute atomic E-state index is 5.45. The monoisotopic (exact) mass is 418 g/mol. The molecule has 5 heteroatoms. The number of rotatable bonds is 2. The second-order valence-corrected chi connectivity index (χ2v) is 7.97. The van der Waals surface area contributed by atoms with Crippen LogP contribution in [0.25, 0.3) is 35.4 Å². The van der Waals surface area contributed by atoms with Crippen molar-refractivity contribution in [3.8, 4) is 16.9 Å². The van der Waals surface area contributed by atoms with E-state index in [1.807, 2.05) is 12.1 Å². The molecule has 0 spiro atoms. The Hall–Kier alpha value is -4.38. The van der Waals surface area contributed by atoms with Gasteiger partial charge in [0.25, 0.3) is 0 Å². The number of aromatic nitrogens is 4. The Morgan fingerprint density at radius 2 is 1.19 bits per heavy atom. The molecule has 6 rings (SSSR count). The van der Waals surface area contributed by atoms with Gasteiger partial charge in [0.15, 0.2) is 0 Å². The van der Waals surface area contributed by atoms with Crippen LogP contribution in [0, 0.1) is 0 Å². The van der Waals surface area contributed by atoms with Crippen LogP contribution in [0.2, 0.25) is 0 Å². The van der Waals surface area contributed by atoms with E-state index in [-0.39, 0.29) is 0 Å². The minimum Gasteiger partial charge on any atom is -0.497 e. The van der Waals surface area contributed by atoms with Gasteiger partial charge in [0.1, 0.15) is 5.75 Å². The molecule has 156 valence electrons. The molecule has 1 aromatic carbocycles. The molecular formula is C27H22N4O. The fourth-order valence-electron chi connectivity index (χ4n) is 4.17. The van der Waals surface area contributed by atoms with E-state index in [4.69, 9.17) is 4.74 Å². The molecule has 0 unspecified atom stereocenters. The first-order chi connectivity index (χ1) is 15.7. The number of hydrogen-bond donors (Lipinski definition) is 4. The molecule has 0 aliphatic carbocycles. The molecule has 0 radical (unpaired) electrons. The van der Waals surface area contributed by atoms with Crippen LogP contribution in [-0.4, -0.2) is 27.0 Å². The molecule has 5 aromatic rings. The highest BCUT2D eigenvalue weighted by molar-refractivity contribution is 5.77. The molecule has 4 N–H and O–H groups in total. The molecule has 0 amide bonds. The summed E-state index contributed by atoms with van der Waals surface area (Å²) in [7, 11) is 1.69. The van der Waals surface area contributed by atoms with Gasteiger partial charge in [-0.25, -0.2) is 0 Å². The van der Waals surface area contributed by atoms with Crippen LogP contribution in [0.4, 0.5) is 0 Å². The third kappa shape index (κ3) is 3.50. The van der Waals surface area contributed by atoms with Crippen molar-refractivity contribution in [1.29, 1.82) is 0 Å². The normalized spacial score (nSPS) is 12.3. The van der Waals surface area contributed by atoms with Crippen molar-refractivity contribution < 1.29 is 4.74 Å². The average molecular weight is 419 g/mol. The Kier molecular flexibility index (Phi) is 4.25. The number of hydrogen-bond acceptors (Lipinski definition) is 1. The van der Waals surface area contributed by atoms with Crippen LogP contribution in [0.3, 0.4) is 0 Å². The summed E-state index contributed by atoms with van der Waals surface area (Å²) < 4.78 is 5.45. The zero-order chi connectivity index (χ0) is 21.5. The van der Waals surface area contributed by atoms with Gasteiger partial charge in [-0.1, -0.05) is 12.1 Å². The lowest BCUT2D eigenvalue weighted by molar-refractivity contribution is 0.415. The SMILES string of the molecule is COc1cccc(-c2cc3[nH]c2C=c2ccc([nH]2)=Cc2ccc([nH]2)C=c2ccc([nH]2)=C3)c1. The number of nitrogens with one attached hydrogen (secondary N) is 4. The van der Waals surface area contributed by atoms with E-state index in [1.165, 1.54) is 0 Å². The van der Waals surface area contributed by atoms with Crippen LogP contribution in [0.5, 0.6) is 5.75 Å². The standard InChI is InChI=1S/C27H22N4O/c1-32-25-4-2-3-17(11-25)26-15-24-14-22-8-7-20(29-22)12-18-5-6-19(28-18)13-21-9-10-23(30-21)16-27(26)31-24/h2-16,28-31H,1H3. The summed E-state index contributed by atoms with van der Waals surface area (Å²) in [6, 6.07) is 22.9. The van der Waals surface area contributed by atoms with Gasteiger partial charge in [-0.05, 0) is 84.5 Å². The van der Waals surface area contributed by atoms with Crippen molar-refractivity contribution >= 4 is 24.3 Å². The first-order valence-electron chi connectivity index (χ1n) is 10.6. The minimum absolute atomic E-state index is 0.838. The third-order valence-corrected chi connectivity index (χ3v) is 5.68. The van der Waals surface area contributed by atoms with Gasteiger partial charge in [0.2, 0.25) is 0 Å². The Labute approximate surface area is 184 Å². The van der Waals surface area contributed by atoms with Crippen LogP contribution < -0.4 is 26.1 Å². The van der Waals surface area contributed by atoms with Crippen molar-refractivity contribution in [2.75, 3.05) is 7.11 Å². The van der Waals surface area contributed by atoms with Crippen molar-refractivity contribution in [2.24, 2.45) is 0 Å². The van der Waals surface area contributed by atoms with E-state index in [0.717, 1.165) is 61.0 Å². The molecule has 1 aliphatic rings. The van der Waals surface area contributed by atoms with E-state index >= 15 is 0 Å². The maximum Gasteiger partial charge on any atom is 0.119 e. The molecule has 0 saturated carbocycles. The van der Waals surface area contributed by atoms with Crippen LogP contribution in [-0.2, 0) is 0 Å². The van der Waals surface area contributed by atoms with Gasteiger partial charge in [-0.15, -0.1) is 0 Å². The highest BCUT2D eigenvalue weighted by Gasteiger charge is 2.09. The molecule has 5 heterocycles. The lowest BCUT2D eigenvalue weighted by atomic mass is 10.1. The summed E-state index contributed by atoms with van der Waals surface area (Å²) in [5.41, 5.74) is 6.38. The number of benzene rings is 1. The average Bonchev–Trinajstić information content (AvgIpc) is 3.59. The lowest BCUT2D eigenvalue weighted by Gasteiger charge is -2.04. The van der Waals surface area contributed by atoms with Gasteiger partial charge in [0, 0.05) is 49.7 Å².